The first-order valence-corrected chi connectivity index (χ1v) is 6.56. The molecule has 0 bridgehead atoms. The van der Waals surface area contributed by atoms with Crippen LogP contribution in [0.25, 0.3) is 0 Å². The Labute approximate surface area is 76.8 Å². The van der Waals surface area contributed by atoms with Crippen molar-refractivity contribution >= 4 is 27.2 Å². The molecule has 1 atom stereocenters. The van der Waals surface area contributed by atoms with Crippen LogP contribution in [0.1, 0.15) is 12.5 Å². The predicted molar refractivity (Wildman–Crippen MR) is 64.3 cm³/mol. The van der Waals surface area contributed by atoms with Gasteiger partial charge in [-0.05, 0) is 17.9 Å². The van der Waals surface area contributed by atoms with Gasteiger partial charge in [-0.25, -0.2) is 0 Å². The van der Waals surface area contributed by atoms with Crippen LogP contribution in [0.2, 0.25) is 0 Å². The first-order chi connectivity index (χ1) is 5.72. The second-order valence-corrected chi connectivity index (χ2v) is 5.83. The monoisotopic (exact) mass is 178 g/mol. The molecule has 0 heterocycles. The Morgan fingerprint density at radius 1 is 1.33 bits per heavy atom. The number of hydrogen-bond donors (Lipinski definition) is 0. The van der Waals surface area contributed by atoms with Crippen LogP contribution < -0.4 is 5.46 Å². The summed E-state index contributed by atoms with van der Waals surface area (Å²) in [6, 6.07) is 8.81. The molecule has 12 heavy (non-hydrogen) atoms. The zero-order chi connectivity index (χ0) is 8.97. The largest absolute Gasteiger partial charge is 0.139 e. The average Bonchev–Trinajstić information content (AvgIpc) is 2.09. The zero-order valence-electron chi connectivity index (χ0n) is 7.93. The second kappa shape index (κ2) is 4.57. The van der Waals surface area contributed by atoms with Crippen LogP contribution in [-0.4, -0.2) is 20.3 Å². The Balaban J connectivity index is 2.64. The van der Waals surface area contributed by atoms with Crippen molar-refractivity contribution in [3.63, 3.8) is 0 Å². The Morgan fingerprint density at radius 2 is 1.92 bits per heavy atom. The quantitative estimate of drug-likeness (QED) is 0.480. The van der Waals surface area contributed by atoms with E-state index in [9.17, 15) is 0 Å². The van der Waals surface area contributed by atoms with Crippen molar-refractivity contribution in [3.8, 4) is 0 Å². The lowest BCUT2D eigenvalue weighted by atomic mass is 9.96. The molecule has 1 aromatic carbocycles. The van der Waals surface area contributed by atoms with Crippen LogP contribution in [0.4, 0.5) is 0 Å². The molecule has 0 fully saturated rings. The summed E-state index contributed by atoms with van der Waals surface area (Å²) in [6.07, 6.45) is 6.65. The van der Waals surface area contributed by atoms with E-state index in [1.165, 1.54) is 23.4 Å². The highest BCUT2D eigenvalue weighted by Gasteiger charge is 1.93. The highest BCUT2D eigenvalue weighted by Crippen LogP contribution is 2.24. The van der Waals surface area contributed by atoms with Gasteiger partial charge >= 0.3 is 0 Å². The summed E-state index contributed by atoms with van der Waals surface area (Å²) in [7, 11) is 1.78. The Kier molecular flexibility index (Phi) is 3.68. The molecule has 0 saturated carbocycles. The highest BCUT2D eigenvalue weighted by atomic mass is 31.1. The van der Waals surface area contributed by atoms with Gasteiger partial charge in [0.05, 0.1) is 0 Å². The molecule has 0 saturated heterocycles. The Morgan fingerprint density at radius 3 is 2.42 bits per heavy atom. The molecule has 0 aliphatic heterocycles. The number of rotatable bonds is 3. The normalized spacial score (nSPS) is 12.8. The summed E-state index contributed by atoms with van der Waals surface area (Å²) in [5.41, 5.74) is 2.79. The molecule has 0 aromatic heterocycles. The van der Waals surface area contributed by atoms with Crippen molar-refractivity contribution in [2.45, 2.75) is 13.1 Å². The van der Waals surface area contributed by atoms with E-state index in [1.54, 1.807) is 0 Å². The van der Waals surface area contributed by atoms with E-state index < -0.39 is 0 Å². The lowest BCUT2D eigenvalue weighted by molar-refractivity contribution is 1.38. The van der Waals surface area contributed by atoms with Gasteiger partial charge in [-0.15, -0.1) is 13.8 Å². The van der Waals surface area contributed by atoms with Crippen LogP contribution in [-0.2, 0) is 6.16 Å². The van der Waals surface area contributed by atoms with Gasteiger partial charge in [0.1, 0.15) is 7.85 Å². The third kappa shape index (κ3) is 2.91. The molecule has 0 spiro atoms. The van der Waals surface area contributed by atoms with E-state index in [2.05, 4.69) is 45.3 Å². The molecule has 1 aromatic rings. The van der Waals surface area contributed by atoms with Crippen LogP contribution in [0.3, 0.4) is 0 Å². The maximum atomic E-state index is 4.18. The van der Waals surface area contributed by atoms with E-state index in [4.69, 9.17) is 0 Å². The molecule has 2 heteroatoms. The fourth-order valence-corrected chi connectivity index (χ4v) is 2.18. The summed E-state index contributed by atoms with van der Waals surface area (Å²) < 4.78 is 0. The Bertz CT molecular complexity index is 264. The topological polar surface area (TPSA) is 0 Å². The maximum Gasteiger partial charge on any atom is 0.139 e. The molecule has 64 valence electrons. The molecule has 1 unspecified atom stereocenters. The third-order valence-corrected chi connectivity index (χ3v) is 3.98. The first kappa shape index (κ1) is 9.67. The van der Waals surface area contributed by atoms with Gasteiger partial charge in [0, 0.05) is 0 Å². The van der Waals surface area contributed by atoms with Crippen molar-refractivity contribution in [1.29, 1.82) is 0 Å². The van der Waals surface area contributed by atoms with E-state index in [0.717, 1.165) is 0 Å². The molecule has 0 N–H and O–H groups in total. The summed E-state index contributed by atoms with van der Waals surface area (Å²) in [5.74, 6) is 0. The van der Waals surface area contributed by atoms with Gasteiger partial charge in [-0.1, -0.05) is 36.7 Å². The SMILES string of the molecule is Bc1ccc(C[PH](=C)CC)cc1. The molecule has 0 aliphatic rings. The summed E-state index contributed by atoms with van der Waals surface area (Å²) in [4.78, 5) is 0. The minimum atomic E-state index is -0.344. The molecule has 0 aliphatic carbocycles. The summed E-state index contributed by atoms with van der Waals surface area (Å²) in [5, 5.41) is 0. The minimum Gasteiger partial charge on any atom is -0.121 e. The lowest BCUT2D eigenvalue weighted by Crippen LogP contribution is -1.99. The van der Waals surface area contributed by atoms with Gasteiger partial charge < -0.3 is 0 Å². The van der Waals surface area contributed by atoms with E-state index >= 15 is 0 Å². The standard InChI is InChI=1S/C10H16BP/c1-3-12(2)8-9-4-6-10(11)7-5-9/h4-7,12H,2-3,8,11H2,1H3. The smallest absolute Gasteiger partial charge is 0.121 e. The first-order valence-electron chi connectivity index (χ1n) is 4.44. The summed E-state index contributed by atoms with van der Waals surface area (Å²) in [6.45, 7) is 2.23. The van der Waals surface area contributed by atoms with Crippen molar-refractivity contribution in [1.82, 2.24) is 0 Å². The molecule has 0 radical (unpaired) electrons. The number of benzene rings is 1. The molecule has 0 nitrogen and oxygen atoms in total. The van der Waals surface area contributed by atoms with Crippen LogP contribution in [0.15, 0.2) is 24.3 Å². The van der Waals surface area contributed by atoms with Gasteiger partial charge in [0.2, 0.25) is 0 Å². The highest BCUT2D eigenvalue weighted by molar-refractivity contribution is 7.54. The van der Waals surface area contributed by atoms with Crippen molar-refractivity contribution in [2.75, 3.05) is 6.16 Å². The third-order valence-electron chi connectivity index (χ3n) is 2.07. The number of hydrogen-bond acceptors (Lipinski definition) is 0. The van der Waals surface area contributed by atoms with Crippen LogP contribution in [0.5, 0.6) is 0 Å². The molecule has 1 rings (SSSR count). The van der Waals surface area contributed by atoms with Gasteiger partial charge in [-0.3, -0.25) is 0 Å². The van der Waals surface area contributed by atoms with Crippen molar-refractivity contribution in [2.24, 2.45) is 0 Å². The average molecular weight is 178 g/mol. The lowest BCUT2D eigenvalue weighted by Gasteiger charge is -2.03. The van der Waals surface area contributed by atoms with Gasteiger partial charge in [0.25, 0.3) is 0 Å². The maximum absolute atomic E-state index is 4.18. The molecular formula is C10H16BP. The Hall–Kier alpha value is -0.415. The van der Waals surface area contributed by atoms with Gasteiger partial charge in [0.15, 0.2) is 0 Å². The second-order valence-electron chi connectivity index (χ2n) is 3.27. The predicted octanol–water partition coefficient (Wildman–Crippen LogP) is 1.11. The van der Waals surface area contributed by atoms with E-state index in [-0.39, 0.29) is 7.55 Å². The fourth-order valence-electron chi connectivity index (χ4n) is 1.12. The van der Waals surface area contributed by atoms with Crippen molar-refractivity contribution < 1.29 is 0 Å². The van der Waals surface area contributed by atoms with E-state index in [1.807, 2.05) is 0 Å². The van der Waals surface area contributed by atoms with Crippen molar-refractivity contribution in [3.05, 3.63) is 29.8 Å². The van der Waals surface area contributed by atoms with E-state index in [0.29, 0.717) is 0 Å². The van der Waals surface area contributed by atoms with Gasteiger partial charge in [-0.2, -0.15) is 0 Å². The zero-order valence-corrected chi connectivity index (χ0v) is 8.93. The van der Waals surface area contributed by atoms with Crippen LogP contribution in [0, 0.1) is 0 Å². The molecular weight excluding hydrogens is 162 g/mol. The molecule has 0 amide bonds. The minimum absolute atomic E-state index is 0.344. The van der Waals surface area contributed by atoms with Crippen LogP contribution >= 0.6 is 7.55 Å². The fraction of sp³-hybridized carbons (Fsp3) is 0.300. The summed E-state index contributed by atoms with van der Waals surface area (Å²) >= 11 is 0.